The number of piperidine rings is 1. The van der Waals surface area contributed by atoms with Gasteiger partial charge in [-0.15, -0.1) is 0 Å². The van der Waals surface area contributed by atoms with E-state index < -0.39 is 0 Å². The van der Waals surface area contributed by atoms with Gasteiger partial charge in [-0.05, 0) is 19.3 Å². The molecule has 0 aromatic carbocycles. The average Bonchev–Trinajstić information content (AvgIpc) is 2.32. The highest BCUT2D eigenvalue weighted by Gasteiger charge is 2.18. The first-order valence-corrected chi connectivity index (χ1v) is 5.72. The molecule has 0 unspecified atom stereocenters. The first-order chi connectivity index (χ1) is 7.24. The summed E-state index contributed by atoms with van der Waals surface area (Å²) in [4.78, 5) is 24.1. The van der Waals surface area contributed by atoms with Crippen LogP contribution in [0.3, 0.4) is 0 Å². The first kappa shape index (κ1) is 13.9. The van der Waals surface area contributed by atoms with Crippen LogP contribution in [0.15, 0.2) is 0 Å². The Bertz CT molecular complexity index is 199. The van der Waals surface area contributed by atoms with Crippen molar-refractivity contribution in [3.05, 3.63) is 0 Å². The van der Waals surface area contributed by atoms with Gasteiger partial charge in [0.05, 0.1) is 0 Å². The number of hydrogen-bond donors (Lipinski definition) is 1. The Morgan fingerprint density at radius 3 is 2.13 bits per heavy atom. The number of carbonyl (C=O) groups excluding carboxylic acids is 2. The third-order valence-corrected chi connectivity index (χ3v) is 2.30. The largest absolute Gasteiger partial charge is 0.359 e. The molecular weight excluding hydrogens is 192 g/mol. The molecule has 1 saturated heterocycles. The van der Waals surface area contributed by atoms with E-state index in [1.165, 1.54) is 6.42 Å². The molecule has 0 spiro atoms. The summed E-state index contributed by atoms with van der Waals surface area (Å²) in [7, 11) is 1.55. The van der Waals surface area contributed by atoms with Crippen molar-refractivity contribution in [1.82, 2.24) is 10.2 Å². The van der Waals surface area contributed by atoms with Crippen molar-refractivity contribution in [1.29, 1.82) is 0 Å². The average molecular weight is 214 g/mol. The normalized spacial score (nSPS) is 15.0. The first-order valence-electron chi connectivity index (χ1n) is 5.72. The van der Waals surface area contributed by atoms with Crippen LogP contribution >= 0.6 is 0 Å². The number of rotatable bonds is 2. The molecule has 0 aliphatic carbocycles. The Labute approximate surface area is 92.0 Å². The lowest BCUT2D eigenvalue weighted by Crippen LogP contribution is -2.38. The Balaban J connectivity index is 0.000000921. The molecule has 4 nitrogen and oxygen atoms in total. The van der Waals surface area contributed by atoms with Crippen molar-refractivity contribution in [2.45, 2.75) is 39.5 Å². The van der Waals surface area contributed by atoms with E-state index in [9.17, 15) is 9.59 Å². The predicted octanol–water partition coefficient (Wildman–Crippen LogP) is 1.16. The summed E-state index contributed by atoms with van der Waals surface area (Å²) in [6.45, 7) is 5.63. The number of carbonyl (C=O) groups is 2. The Hall–Kier alpha value is -1.06. The van der Waals surface area contributed by atoms with Gasteiger partial charge in [-0.25, -0.2) is 0 Å². The fourth-order valence-corrected chi connectivity index (χ4v) is 1.48. The summed E-state index contributed by atoms with van der Waals surface area (Å²) < 4.78 is 0. The molecule has 1 aliphatic heterocycles. The summed E-state index contributed by atoms with van der Waals surface area (Å²) in [6, 6.07) is 0. The van der Waals surface area contributed by atoms with E-state index in [0.29, 0.717) is 0 Å². The Morgan fingerprint density at radius 2 is 1.67 bits per heavy atom. The van der Waals surface area contributed by atoms with Crippen LogP contribution in [0.25, 0.3) is 0 Å². The second-order valence-electron chi connectivity index (χ2n) is 3.29. The minimum Gasteiger partial charge on any atom is -0.359 e. The van der Waals surface area contributed by atoms with Crippen molar-refractivity contribution in [2.75, 3.05) is 20.1 Å². The molecular formula is C11H22N2O2. The molecule has 0 atom stereocenters. The number of amides is 2. The monoisotopic (exact) mass is 214 g/mol. The molecule has 1 heterocycles. The van der Waals surface area contributed by atoms with Crippen LogP contribution in [0.1, 0.15) is 39.5 Å². The summed E-state index contributed by atoms with van der Waals surface area (Å²) in [5.41, 5.74) is 0. The highest BCUT2D eigenvalue weighted by atomic mass is 16.2. The van der Waals surface area contributed by atoms with E-state index >= 15 is 0 Å². The maximum absolute atomic E-state index is 11.4. The molecule has 0 radical (unpaired) electrons. The Morgan fingerprint density at radius 1 is 1.13 bits per heavy atom. The molecule has 1 rings (SSSR count). The molecule has 1 aliphatic rings. The van der Waals surface area contributed by atoms with Crippen LogP contribution in [0, 0.1) is 0 Å². The highest BCUT2D eigenvalue weighted by molar-refractivity contribution is 5.96. The van der Waals surface area contributed by atoms with Crippen molar-refractivity contribution in [3.63, 3.8) is 0 Å². The van der Waals surface area contributed by atoms with E-state index in [1.54, 1.807) is 11.9 Å². The van der Waals surface area contributed by atoms with Gasteiger partial charge in [-0.3, -0.25) is 9.59 Å². The second kappa shape index (κ2) is 8.26. The predicted molar refractivity (Wildman–Crippen MR) is 60.5 cm³/mol. The molecule has 2 amide bonds. The van der Waals surface area contributed by atoms with Gasteiger partial charge < -0.3 is 10.2 Å². The van der Waals surface area contributed by atoms with Crippen LogP contribution in [-0.4, -0.2) is 36.9 Å². The van der Waals surface area contributed by atoms with Crippen molar-refractivity contribution < 1.29 is 9.59 Å². The number of nitrogens with zero attached hydrogens (tertiary/aromatic N) is 1. The zero-order valence-electron chi connectivity index (χ0n) is 10.0. The fourth-order valence-electron chi connectivity index (χ4n) is 1.48. The van der Waals surface area contributed by atoms with Gasteiger partial charge in [0, 0.05) is 20.1 Å². The smallest absolute Gasteiger partial charge is 0.232 e. The summed E-state index contributed by atoms with van der Waals surface area (Å²) in [5.74, 6) is -0.241. The number of likely N-dealkylation sites (tertiary alicyclic amines) is 1. The van der Waals surface area contributed by atoms with Gasteiger partial charge in [0.2, 0.25) is 11.8 Å². The lowest BCUT2D eigenvalue weighted by molar-refractivity contribution is -0.136. The van der Waals surface area contributed by atoms with Gasteiger partial charge in [0.1, 0.15) is 6.42 Å². The van der Waals surface area contributed by atoms with E-state index in [-0.39, 0.29) is 18.2 Å². The van der Waals surface area contributed by atoms with E-state index in [2.05, 4.69) is 5.32 Å². The number of nitrogens with one attached hydrogen (secondary N) is 1. The van der Waals surface area contributed by atoms with Gasteiger partial charge in [0.15, 0.2) is 0 Å². The molecule has 1 N–H and O–H groups in total. The maximum Gasteiger partial charge on any atom is 0.232 e. The lowest BCUT2D eigenvalue weighted by Gasteiger charge is -2.26. The van der Waals surface area contributed by atoms with E-state index in [1.807, 2.05) is 13.8 Å². The van der Waals surface area contributed by atoms with Crippen LogP contribution < -0.4 is 5.32 Å². The molecule has 15 heavy (non-hydrogen) atoms. The van der Waals surface area contributed by atoms with Gasteiger partial charge >= 0.3 is 0 Å². The zero-order chi connectivity index (χ0) is 11.7. The van der Waals surface area contributed by atoms with Crippen LogP contribution in [-0.2, 0) is 9.59 Å². The summed E-state index contributed by atoms with van der Waals surface area (Å²) in [6.07, 6.45) is 3.33. The third kappa shape index (κ3) is 5.40. The van der Waals surface area contributed by atoms with Gasteiger partial charge in [-0.1, -0.05) is 13.8 Å². The Kier molecular flexibility index (Phi) is 7.68. The van der Waals surface area contributed by atoms with Gasteiger partial charge in [0.25, 0.3) is 0 Å². The molecule has 0 bridgehead atoms. The topological polar surface area (TPSA) is 49.4 Å². The standard InChI is InChI=1S/C9H16N2O2.C2H6/c1-10-8(12)7-9(13)11-5-3-2-4-6-11;1-2/h2-7H2,1H3,(H,10,12);1-2H3. The number of hydrogen-bond acceptors (Lipinski definition) is 2. The minimum absolute atomic E-state index is 0.00347. The highest BCUT2D eigenvalue weighted by Crippen LogP contribution is 2.09. The van der Waals surface area contributed by atoms with Crippen LogP contribution in [0.5, 0.6) is 0 Å². The van der Waals surface area contributed by atoms with Crippen LogP contribution in [0.2, 0.25) is 0 Å². The quantitative estimate of drug-likeness (QED) is 0.701. The molecule has 4 heteroatoms. The lowest BCUT2D eigenvalue weighted by atomic mass is 10.1. The molecule has 0 aromatic heterocycles. The second-order valence-corrected chi connectivity index (χ2v) is 3.29. The fraction of sp³-hybridized carbons (Fsp3) is 0.818. The molecule has 0 aromatic rings. The maximum atomic E-state index is 11.4. The molecule has 88 valence electrons. The van der Waals surface area contributed by atoms with Crippen LogP contribution in [0.4, 0.5) is 0 Å². The van der Waals surface area contributed by atoms with Crippen molar-refractivity contribution in [2.24, 2.45) is 0 Å². The third-order valence-electron chi connectivity index (χ3n) is 2.30. The minimum atomic E-state index is -0.199. The van der Waals surface area contributed by atoms with Gasteiger partial charge in [-0.2, -0.15) is 0 Å². The van der Waals surface area contributed by atoms with E-state index in [4.69, 9.17) is 0 Å². The molecule has 0 saturated carbocycles. The zero-order valence-corrected chi connectivity index (χ0v) is 10.0. The van der Waals surface area contributed by atoms with E-state index in [0.717, 1.165) is 25.9 Å². The SMILES string of the molecule is CC.CNC(=O)CC(=O)N1CCCCC1. The van der Waals surface area contributed by atoms with Crippen molar-refractivity contribution >= 4 is 11.8 Å². The van der Waals surface area contributed by atoms with Crippen molar-refractivity contribution in [3.8, 4) is 0 Å². The molecule has 1 fully saturated rings. The summed E-state index contributed by atoms with van der Waals surface area (Å²) in [5, 5.41) is 2.45. The summed E-state index contributed by atoms with van der Waals surface area (Å²) >= 11 is 0.